The van der Waals surface area contributed by atoms with Gasteiger partial charge in [0.15, 0.2) is 11.6 Å². The lowest BCUT2D eigenvalue weighted by molar-refractivity contribution is 0.509. The van der Waals surface area contributed by atoms with Gasteiger partial charge in [0.2, 0.25) is 0 Å². The number of anilines is 3. The fourth-order valence-electron chi connectivity index (χ4n) is 1.87. The van der Waals surface area contributed by atoms with Crippen molar-refractivity contribution in [1.29, 1.82) is 0 Å². The van der Waals surface area contributed by atoms with Crippen molar-refractivity contribution in [3.8, 4) is 0 Å². The molecule has 0 saturated carbocycles. The molecular formula is C15H18F2N4. The van der Waals surface area contributed by atoms with Gasteiger partial charge in [-0.25, -0.2) is 18.7 Å². The lowest BCUT2D eigenvalue weighted by Crippen LogP contribution is -2.08. The van der Waals surface area contributed by atoms with Gasteiger partial charge in [0.05, 0.1) is 0 Å². The van der Waals surface area contributed by atoms with Crippen LogP contribution in [0.1, 0.15) is 31.2 Å². The number of halogens is 2. The highest BCUT2D eigenvalue weighted by atomic mass is 19.2. The van der Waals surface area contributed by atoms with Crippen LogP contribution in [-0.2, 0) is 0 Å². The summed E-state index contributed by atoms with van der Waals surface area (Å²) in [5, 5.41) is 6.02. The van der Waals surface area contributed by atoms with Gasteiger partial charge in [-0.05, 0) is 19.1 Å². The zero-order valence-corrected chi connectivity index (χ0v) is 12.5. The highest BCUT2D eigenvalue weighted by Gasteiger charge is 2.13. The van der Waals surface area contributed by atoms with Gasteiger partial charge < -0.3 is 10.6 Å². The summed E-state index contributed by atoms with van der Waals surface area (Å²) >= 11 is 0. The smallest absolute Gasteiger partial charge is 0.160 e. The van der Waals surface area contributed by atoms with E-state index < -0.39 is 11.6 Å². The summed E-state index contributed by atoms with van der Waals surface area (Å²) in [6.07, 6.45) is 0. The molecule has 0 unspecified atom stereocenters. The van der Waals surface area contributed by atoms with E-state index in [1.807, 2.05) is 20.8 Å². The molecule has 0 atom stereocenters. The van der Waals surface area contributed by atoms with Crippen LogP contribution in [0.15, 0.2) is 18.2 Å². The number of hydrogen-bond donors (Lipinski definition) is 2. The molecule has 6 heteroatoms. The summed E-state index contributed by atoms with van der Waals surface area (Å²) < 4.78 is 26.2. The van der Waals surface area contributed by atoms with Gasteiger partial charge in [-0.2, -0.15) is 0 Å². The molecule has 2 N–H and O–H groups in total. The van der Waals surface area contributed by atoms with Crippen LogP contribution in [0.3, 0.4) is 0 Å². The minimum absolute atomic E-state index is 0.156. The second-order valence-electron chi connectivity index (χ2n) is 5.06. The molecule has 21 heavy (non-hydrogen) atoms. The summed E-state index contributed by atoms with van der Waals surface area (Å²) in [5.74, 6) is 0.337. The second kappa shape index (κ2) is 6.03. The third-order valence-corrected chi connectivity index (χ3v) is 3.10. The Hall–Kier alpha value is -2.24. The lowest BCUT2D eigenvalue weighted by atomic mass is 10.2. The summed E-state index contributed by atoms with van der Waals surface area (Å²) in [6.45, 7) is 5.84. The highest BCUT2D eigenvalue weighted by molar-refractivity contribution is 5.64. The molecule has 0 amide bonds. The number of rotatable bonds is 4. The largest absolute Gasteiger partial charge is 0.373 e. The Bertz CT molecular complexity index is 656. The third-order valence-electron chi connectivity index (χ3n) is 3.10. The first-order chi connectivity index (χ1) is 9.92. The lowest BCUT2D eigenvalue weighted by Gasteiger charge is -2.15. The molecule has 0 fully saturated rings. The Morgan fingerprint density at radius 1 is 1.05 bits per heavy atom. The molecular weight excluding hydrogens is 274 g/mol. The number of benzene rings is 1. The fourth-order valence-corrected chi connectivity index (χ4v) is 1.87. The molecule has 112 valence electrons. The van der Waals surface area contributed by atoms with Crippen LogP contribution in [0, 0.1) is 18.6 Å². The normalized spacial score (nSPS) is 10.8. The Morgan fingerprint density at radius 2 is 1.71 bits per heavy atom. The van der Waals surface area contributed by atoms with Gasteiger partial charge in [0.25, 0.3) is 0 Å². The predicted molar refractivity (Wildman–Crippen MR) is 80.0 cm³/mol. The second-order valence-corrected chi connectivity index (χ2v) is 5.06. The zero-order chi connectivity index (χ0) is 15.6. The Balaban J connectivity index is 2.42. The van der Waals surface area contributed by atoms with E-state index in [9.17, 15) is 8.78 Å². The van der Waals surface area contributed by atoms with Gasteiger partial charge in [0, 0.05) is 30.3 Å². The van der Waals surface area contributed by atoms with E-state index in [0.29, 0.717) is 23.1 Å². The fraction of sp³-hybridized carbons (Fsp3) is 0.333. The number of aromatic nitrogens is 2. The minimum atomic E-state index is -0.898. The molecule has 0 bridgehead atoms. The first-order valence-electron chi connectivity index (χ1n) is 6.70. The Kier molecular flexibility index (Phi) is 4.35. The molecule has 2 aromatic rings. The summed E-state index contributed by atoms with van der Waals surface area (Å²) in [7, 11) is 1.78. The van der Waals surface area contributed by atoms with Crippen molar-refractivity contribution in [2.45, 2.75) is 26.7 Å². The first-order valence-corrected chi connectivity index (χ1v) is 6.70. The molecule has 1 aromatic heterocycles. The molecule has 0 aliphatic carbocycles. The van der Waals surface area contributed by atoms with Crippen LogP contribution in [0.4, 0.5) is 26.1 Å². The van der Waals surface area contributed by atoms with E-state index in [4.69, 9.17) is 0 Å². The SMILES string of the molecule is CNc1nc(C(C)C)nc(Nc2ccc(F)c(F)c2)c1C. The topological polar surface area (TPSA) is 49.8 Å². The van der Waals surface area contributed by atoms with Crippen LogP contribution in [-0.4, -0.2) is 17.0 Å². The number of nitrogens with zero attached hydrogens (tertiary/aromatic N) is 2. The van der Waals surface area contributed by atoms with E-state index in [2.05, 4.69) is 20.6 Å². The first kappa shape index (κ1) is 15.2. The molecule has 4 nitrogen and oxygen atoms in total. The standard InChI is InChI=1S/C15H18F2N4/c1-8(2)13-20-14(18-4)9(3)15(21-13)19-10-5-6-11(16)12(17)7-10/h5-8H,1-4H3,(H2,18,19,20,21). The summed E-state index contributed by atoms with van der Waals surface area (Å²) in [5.41, 5.74) is 1.25. The van der Waals surface area contributed by atoms with E-state index in [1.54, 1.807) is 7.05 Å². The molecule has 0 aliphatic rings. The predicted octanol–water partition coefficient (Wildman–Crippen LogP) is 3.97. The van der Waals surface area contributed by atoms with Crippen LogP contribution < -0.4 is 10.6 Å². The van der Waals surface area contributed by atoms with Crippen molar-refractivity contribution in [2.75, 3.05) is 17.7 Å². The molecule has 0 aliphatic heterocycles. The van der Waals surface area contributed by atoms with Crippen LogP contribution >= 0.6 is 0 Å². The molecule has 1 aromatic carbocycles. The van der Waals surface area contributed by atoms with Crippen molar-refractivity contribution >= 4 is 17.3 Å². The average molecular weight is 292 g/mol. The molecule has 0 spiro atoms. The van der Waals surface area contributed by atoms with Gasteiger partial charge in [-0.15, -0.1) is 0 Å². The van der Waals surface area contributed by atoms with Crippen molar-refractivity contribution in [3.05, 3.63) is 41.2 Å². The molecule has 2 rings (SSSR count). The summed E-state index contributed by atoms with van der Waals surface area (Å²) in [6, 6.07) is 3.65. The van der Waals surface area contributed by atoms with Crippen molar-refractivity contribution in [2.24, 2.45) is 0 Å². The Labute approximate surface area is 122 Å². The van der Waals surface area contributed by atoms with Gasteiger partial charge in [-0.3, -0.25) is 0 Å². The monoisotopic (exact) mass is 292 g/mol. The highest BCUT2D eigenvalue weighted by Crippen LogP contribution is 2.26. The minimum Gasteiger partial charge on any atom is -0.373 e. The van der Waals surface area contributed by atoms with E-state index >= 15 is 0 Å². The number of nitrogens with one attached hydrogen (secondary N) is 2. The van der Waals surface area contributed by atoms with Crippen LogP contribution in [0.2, 0.25) is 0 Å². The van der Waals surface area contributed by atoms with Crippen molar-refractivity contribution in [1.82, 2.24) is 9.97 Å². The maximum atomic E-state index is 13.3. The Morgan fingerprint density at radius 3 is 2.29 bits per heavy atom. The maximum Gasteiger partial charge on any atom is 0.160 e. The van der Waals surface area contributed by atoms with Gasteiger partial charge >= 0.3 is 0 Å². The third kappa shape index (κ3) is 3.26. The summed E-state index contributed by atoms with van der Waals surface area (Å²) in [4.78, 5) is 8.88. The van der Waals surface area contributed by atoms with E-state index in [-0.39, 0.29) is 5.92 Å². The van der Waals surface area contributed by atoms with Crippen molar-refractivity contribution in [3.63, 3.8) is 0 Å². The molecule has 0 saturated heterocycles. The van der Waals surface area contributed by atoms with E-state index in [1.165, 1.54) is 6.07 Å². The molecule has 1 heterocycles. The molecule has 0 radical (unpaired) electrons. The van der Waals surface area contributed by atoms with Crippen LogP contribution in [0.25, 0.3) is 0 Å². The maximum absolute atomic E-state index is 13.3. The quantitative estimate of drug-likeness (QED) is 0.895. The average Bonchev–Trinajstić information content (AvgIpc) is 2.44. The zero-order valence-electron chi connectivity index (χ0n) is 12.5. The van der Waals surface area contributed by atoms with Crippen LogP contribution in [0.5, 0.6) is 0 Å². The van der Waals surface area contributed by atoms with Gasteiger partial charge in [0.1, 0.15) is 17.5 Å². The van der Waals surface area contributed by atoms with Gasteiger partial charge in [-0.1, -0.05) is 13.8 Å². The van der Waals surface area contributed by atoms with Crippen molar-refractivity contribution < 1.29 is 8.78 Å². The van der Waals surface area contributed by atoms with E-state index in [0.717, 1.165) is 17.7 Å². The number of hydrogen-bond acceptors (Lipinski definition) is 4.